The molecular weight excluding hydrogens is 245 g/mol. The molecule has 1 aromatic rings. The second-order valence-corrected chi connectivity index (χ2v) is 6.04. The Morgan fingerprint density at radius 3 is 2.44 bits per heavy atom. The maximum absolute atomic E-state index is 11.3. The average Bonchev–Trinajstić information content (AvgIpc) is 2.34. The van der Waals surface area contributed by atoms with Gasteiger partial charge in [-0.15, -0.1) is 0 Å². The molecule has 3 nitrogen and oxygen atoms in total. The summed E-state index contributed by atoms with van der Waals surface area (Å²) in [5.74, 6) is -0.185. The lowest BCUT2D eigenvalue weighted by Crippen LogP contribution is -2.12. The second-order valence-electron chi connectivity index (χ2n) is 3.77. The Morgan fingerprint density at radius 1 is 1.33 bits per heavy atom. The quantitative estimate of drug-likeness (QED) is 0.519. The summed E-state index contributed by atoms with van der Waals surface area (Å²) >= 11 is 0. The number of benzene rings is 1. The number of nitrogen functional groups attached to an aromatic ring is 1. The van der Waals surface area contributed by atoms with Crippen molar-refractivity contribution in [3.8, 4) is 0 Å². The molecule has 0 atom stereocenters. The van der Waals surface area contributed by atoms with E-state index < -0.39 is 0 Å². The molecule has 0 aliphatic carbocycles. The molecule has 0 aliphatic heterocycles. The number of anilines is 1. The molecule has 1 aromatic carbocycles. The molecule has 1 rings (SSSR count). The molecule has 0 bridgehead atoms. The van der Waals surface area contributed by atoms with Gasteiger partial charge in [-0.3, -0.25) is 4.79 Å². The van der Waals surface area contributed by atoms with Crippen LogP contribution in [0.15, 0.2) is 18.2 Å². The van der Waals surface area contributed by atoms with Crippen LogP contribution in [0.5, 0.6) is 0 Å². The van der Waals surface area contributed by atoms with Crippen LogP contribution in [0, 0.1) is 0 Å². The second kappa shape index (κ2) is 8.93. The van der Waals surface area contributed by atoms with E-state index >= 15 is 0 Å². The summed E-state index contributed by atoms with van der Waals surface area (Å²) in [6, 6.07) is 5.76. The highest BCUT2D eigenvalue weighted by molar-refractivity contribution is 7.64. The number of carbonyl (C=O) groups is 1. The number of hydrogen-bond donors (Lipinski definition) is 1. The van der Waals surface area contributed by atoms with Gasteiger partial charge < -0.3 is 10.5 Å². The van der Waals surface area contributed by atoms with Crippen LogP contribution in [-0.2, 0) is 16.0 Å². The van der Waals surface area contributed by atoms with Gasteiger partial charge in [0.2, 0.25) is 0 Å². The first kappa shape index (κ1) is 16.9. The van der Waals surface area contributed by atoms with Crippen LogP contribution >= 0.6 is 7.92 Å². The van der Waals surface area contributed by atoms with Gasteiger partial charge in [0.05, 0.1) is 13.0 Å². The largest absolute Gasteiger partial charge is 0.466 e. The zero-order valence-electron chi connectivity index (χ0n) is 12.0. The third-order valence-corrected chi connectivity index (χ3v) is 3.58. The standard InChI is InChI=1S/C12H18NO2P.C2H6/c1-4-15-12(14)8-9-5-6-10(13)11(7-9)16(2)3;1-2/h5-7H,4,8,13H2,1-3H3;1-2H3. The Labute approximate surface area is 111 Å². The van der Waals surface area contributed by atoms with E-state index in [1.165, 1.54) is 0 Å². The molecule has 0 heterocycles. The van der Waals surface area contributed by atoms with Gasteiger partial charge in [0, 0.05) is 5.69 Å². The van der Waals surface area contributed by atoms with Crippen LogP contribution < -0.4 is 11.0 Å². The number of nitrogens with two attached hydrogens (primary N) is 1. The van der Waals surface area contributed by atoms with Crippen LogP contribution in [0.1, 0.15) is 26.3 Å². The summed E-state index contributed by atoms with van der Waals surface area (Å²) in [4.78, 5) is 11.3. The molecule has 0 saturated heterocycles. The molecule has 0 aromatic heterocycles. The normalized spacial score (nSPS) is 9.67. The first-order chi connectivity index (χ1) is 8.54. The fourth-order valence-corrected chi connectivity index (χ4v) is 2.48. The summed E-state index contributed by atoms with van der Waals surface area (Å²) in [7, 11) is -0.243. The third kappa shape index (κ3) is 5.50. The van der Waals surface area contributed by atoms with E-state index in [1.54, 1.807) is 0 Å². The topological polar surface area (TPSA) is 52.3 Å². The van der Waals surface area contributed by atoms with Crippen molar-refractivity contribution in [2.75, 3.05) is 25.7 Å². The number of rotatable bonds is 4. The first-order valence-corrected chi connectivity index (χ1v) is 8.49. The highest BCUT2D eigenvalue weighted by Gasteiger charge is 2.08. The smallest absolute Gasteiger partial charge is 0.310 e. The van der Waals surface area contributed by atoms with E-state index in [2.05, 4.69) is 13.3 Å². The average molecular weight is 269 g/mol. The summed E-state index contributed by atoms with van der Waals surface area (Å²) in [5.41, 5.74) is 7.66. The Morgan fingerprint density at radius 2 is 1.94 bits per heavy atom. The SMILES string of the molecule is CC.CCOC(=O)Cc1ccc(N)c(P(C)C)c1. The highest BCUT2D eigenvalue weighted by Crippen LogP contribution is 2.27. The first-order valence-electron chi connectivity index (χ1n) is 6.26. The molecule has 0 spiro atoms. The Balaban J connectivity index is 0.00000137. The molecule has 0 radical (unpaired) electrons. The fourth-order valence-electron chi connectivity index (χ4n) is 1.47. The maximum atomic E-state index is 11.3. The Hall–Kier alpha value is -1.08. The summed E-state index contributed by atoms with van der Waals surface area (Å²) in [6.45, 7) is 10.5. The lowest BCUT2D eigenvalue weighted by molar-refractivity contribution is -0.142. The molecule has 0 aliphatic rings. The molecule has 0 unspecified atom stereocenters. The molecule has 4 heteroatoms. The number of carbonyl (C=O) groups excluding carboxylic acids is 1. The number of esters is 1. The van der Waals surface area contributed by atoms with E-state index in [4.69, 9.17) is 10.5 Å². The van der Waals surface area contributed by atoms with Crippen LogP contribution in [0.3, 0.4) is 0 Å². The predicted molar refractivity (Wildman–Crippen MR) is 80.9 cm³/mol. The zero-order valence-corrected chi connectivity index (χ0v) is 12.9. The predicted octanol–water partition coefficient (Wildman–Crippen LogP) is 2.77. The summed E-state index contributed by atoms with van der Waals surface area (Å²) < 4.78 is 4.91. The van der Waals surface area contributed by atoms with Crippen molar-refractivity contribution in [3.63, 3.8) is 0 Å². The van der Waals surface area contributed by atoms with E-state index in [0.29, 0.717) is 13.0 Å². The lowest BCUT2D eigenvalue weighted by Gasteiger charge is -2.11. The van der Waals surface area contributed by atoms with Crippen LogP contribution in [0.25, 0.3) is 0 Å². The number of hydrogen-bond acceptors (Lipinski definition) is 3. The molecule has 2 N–H and O–H groups in total. The fraction of sp³-hybridized carbons (Fsp3) is 0.500. The van der Waals surface area contributed by atoms with Crippen molar-refractivity contribution in [2.24, 2.45) is 0 Å². The monoisotopic (exact) mass is 269 g/mol. The van der Waals surface area contributed by atoms with Crippen molar-refractivity contribution in [3.05, 3.63) is 23.8 Å². The zero-order chi connectivity index (χ0) is 14.1. The van der Waals surface area contributed by atoms with Crippen molar-refractivity contribution in [2.45, 2.75) is 27.2 Å². The number of ether oxygens (including phenoxy) is 1. The third-order valence-electron chi connectivity index (χ3n) is 2.23. The van der Waals surface area contributed by atoms with Crippen molar-refractivity contribution in [1.82, 2.24) is 0 Å². The van der Waals surface area contributed by atoms with Gasteiger partial charge in [0.25, 0.3) is 0 Å². The minimum atomic E-state index is -0.243. The Bertz CT molecular complexity index is 378. The molecule has 0 saturated carbocycles. The Kier molecular flexibility index (Phi) is 8.40. The van der Waals surface area contributed by atoms with Gasteiger partial charge >= 0.3 is 5.97 Å². The van der Waals surface area contributed by atoms with Gasteiger partial charge in [-0.1, -0.05) is 27.8 Å². The van der Waals surface area contributed by atoms with Crippen molar-refractivity contribution < 1.29 is 9.53 Å². The minimum Gasteiger partial charge on any atom is -0.466 e. The van der Waals surface area contributed by atoms with Crippen molar-refractivity contribution in [1.29, 1.82) is 0 Å². The highest BCUT2D eigenvalue weighted by atomic mass is 31.1. The van der Waals surface area contributed by atoms with E-state index in [-0.39, 0.29) is 13.9 Å². The molecule has 0 amide bonds. The molecular formula is C14H24NO2P. The van der Waals surface area contributed by atoms with Gasteiger partial charge in [-0.25, -0.2) is 0 Å². The molecule has 18 heavy (non-hydrogen) atoms. The van der Waals surface area contributed by atoms with Crippen LogP contribution in [0.4, 0.5) is 5.69 Å². The molecule has 0 fully saturated rings. The van der Waals surface area contributed by atoms with Gasteiger partial charge in [0.15, 0.2) is 0 Å². The summed E-state index contributed by atoms with van der Waals surface area (Å²) in [6.07, 6.45) is 0.324. The van der Waals surface area contributed by atoms with E-state index in [0.717, 1.165) is 16.6 Å². The van der Waals surface area contributed by atoms with Crippen LogP contribution in [0.2, 0.25) is 0 Å². The van der Waals surface area contributed by atoms with Crippen molar-refractivity contribution >= 4 is 24.9 Å². The van der Waals surface area contributed by atoms with Crippen LogP contribution in [-0.4, -0.2) is 25.9 Å². The van der Waals surface area contributed by atoms with Gasteiger partial charge in [-0.05, 0) is 43.3 Å². The van der Waals surface area contributed by atoms with Gasteiger partial charge in [-0.2, -0.15) is 0 Å². The maximum Gasteiger partial charge on any atom is 0.310 e. The molecule has 102 valence electrons. The lowest BCUT2D eigenvalue weighted by atomic mass is 10.1. The van der Waals surface area contributed by atoms with Gasteiger partial charge in [0.1, 0.15) is 0 Å². The summed E-state index contributed by atoms with van der Waals surface area (Å²) in [5, 5.41) is 1.15. The van der Waals surface area contributed by atoms with E-state index in [1.807, 2.05) is 39.0 Å². The minimum absolute atomic E-state index is 0.185. The van der Waals surface area contributed by atoms with E-state index in [9.17, 15) is 4.79 Å².